The number of phenolic OH excluding ortho intramolecular Hbond substituents is 1. The highest BCUT2D eigenvalue weighted by atomic mass is 32.2. The molecule has 1 heterocycles. The predicted octanol–water partition coefficient (Wildman–Crippen LogP) is 2.53. The van der Waals surface area contributed by atoms with E-state index in [0.717, 1.165) is 4.68 Å². The van der Waals surface area contributed by atoms with Gasteiger partial charge in [-0.1, -0.05) is 11.8 Å². The molecule has 0 saturated carbocycles. The van der Waals surface area contributed by atoms with Gasteiger partial charge in [-0.3, -0.25) is 0 Å². The van der Waals surface area contributed by atoms with Crippen LogP contribution in [0.1, 0.15) is 17.8 Å². The summed E-state index contributed by atoms with van der Waals surface area (Å²) in [6, 6.07) is 6.20. The van der Waals surface area contributed by atoms with Crippen molar-refractivity contribution in [2.75, 3.05) is 6.26 Å². The fourth-order valence-electron chi connectivity index (χ4n) is 1.33. The summed E-state index contributed by atoms with van der Waals surface area (Å²) in [6.07, 6.45) is 0.352. The van der Waals surface area contributed by atoms with Crippen LogP contribution in [0.3, 0.4) is 0 Å². The van der Waals surface area contributed by atoms with Crippen molar-refractivity contribution >= 4 is 18.0 Å². The van der Waals surface area contributed by atoms with E-state index in [9.17, 15) is 8.78 Å². The van der Waals surface area contributed by atoms with Gasteiger partial charge < -0.3 is 5.11 Å². The molecule has 0 saturated heterocycles. The zero-order valence-corrected chi connectivity index (χ0v) is 10.7. The van der Waals surface area contributed by atoms with Crippen molar-refractivity contribution in [3.63, 3.8) is 0 Å². The number of thioether (sulfide) groups is 1. The molecule has 0 aliphatic carbocycles. The molecule has 0 amide bonds. The maximum absolute atomic E-state index is 12.7. The molecular weight excluding hydrogens is 274 g/mol. The van der Waals surface area contributed by atoms with E-state index < -0.39 is 12.2 Å². The van der Waals surface area contributed by atoms with Crippen LogP contribution >= 0.6 is 11.8 Å². The van der Waals surface area contributed by atoms with Crippen molar-refractivity contribution in [3.05, 3.63) is 35.7 Å². The highest BCUT2D eigenvalue weighted by Gasteiger charge is 2.19. The van der Waals surface area contributed by atoms with E-state index in [0.29, 0.717) is 5.56 Å². The zero-order chi connectivity index (χ0) is 13.8. The lowest BCUT2D eigenvalue weighted by Crippen LogP contribution is -2.00. The summed E-state index contributed by atoms with van der Waals surface area (Å²) in [5, 5.41) is 20.4. The smallest absolute Gasteiger partial charge is 0.299 e. The SMILES string of the molecule is CSc1nnc(C(F)F)n1/N=C/c1ccc(O)cc1. The monoisotopic (exact) mass is 284 g/mol. The van der Waals surface area contributed by atoms with Gasteiger partial charge in [0.05, 0.1) is 6.21 Å². The van der Waals surface area contributed by atoms with Gasteiger partial charge in [0.15, 0.2) is 0 Å². The molecule has 0 aliphatic rings. The lowest BCUT2D eigenvalue weighted by Gasteiger charge is -2.01. The number of phenols is 1. The maximum Gasteiger partial charge on any atom is 0.299 e. The van der Waals surface area contributed by atoms with Gasteiger partial charge in [0.1, 0.15) is 5.75 Å². The number of hydrogen-bond acceptors (Lipinski definition) is 5. The molecular formula is C11H10F2N4OS. The standard InChI is InChI=1S/C11H10F2N4OS/c1-19-11-16-15-10(9(12)13)17(11)14-6-7-2-4-8(18)5-3-7/h2-6,9,18H,1H3/b14-6+. The van der Waals surface area contributed by atoms with Crippen molar-refractivity contribution < 1.29 is 13.9 Å². The van der Waals surface area contributed by atoms with Crippen molar-refractivity contribution in [1.82, 2.24) is 14.9 Å². The van der Waals surface area contributed by atoms with Crippen LogP contribution in [0.4, 0.5) is 8.78 Å². The Balaban J connectivity index is 2.31. The highest BCUT2D eigenvalue weighted by Crippen LogP contribution is 2.21. The lowest BCUT2D eigenvalue weighted by atomic mass is 10.2. The van der Waals surface area contributed by atoms with Gasteiger partial charge >= 0.3 is 0 Å². The first-order valence-corrected chi connectivity index (χ1v) is 6.45. The molecule has 1 N–H and O–H groups in total. The van der Waals surface area contributed by atoms with E-state index >= 15 is 0 Å². The van der Waals surface area contributed by atoms with Crippen LogP contribution in [0.25, 0.3) is 0 Å². The molecule has 2 aromatic rings. The van der Waals surface area contributed by atoms with E-state index in [2.05, 4.69) is 15.3 Å². The Bertz CT molecular complexity index is 583. The van der Waals surface area contributed by atoms with Crippen LogP contribution in [0.15, 0.2) is 34.5 Å². The first-order chi connectivity index (χ1) is 9.11. The summed E-state index contributed by atoms with van der Waals surface area (Å²) in [4.78, 5) is 0. The molecule has 1 aromatic carbocycles. The normalized spacial score (nSPS) is 11.6. The first-order valence-electron chi connectivity index (χ1n) is 5.22. The number of alkyl halides is 2. The van der Waals surface area contributed by atoms with Gasteiger partial charge in [-0.25, -0.2) is 8.78 Å². The molecule has 0 bridgehead atoms. The van der Waals surface area contributed by atoms with E-state index in [4.69, 9.17) is 5.11 Å². The number of nitrogens with zero attached hydrogens (tertiary/aromatic N) is 4. The van der Waals surface area contributed by atoms with Gasteiger partial charge in [-0.15, -0.1) is 10.2 Å². The number of halogens is 2. The van der Waals surface area contributed by atoms with Crippen molar-refractivity contribution in [3.8, 4) is 5.75 Å². The van der Waals surface area contributed by atoms with Crippen LogP contribution in [0.2, 0.25) is 0 Å². The average Bonchev–Trinajstić information content (AvgIpc) is 2.81. The molecule has 0 atom stereocenters. The molecule has 0 fully saturated rings. The Kier molecular flexibility index (Phi) is 4.10. The third kappa shape index (κ3) is 3.08. The second kappa shape index (κ2) is 5.79. The fourth-order valence-corrected chi connectivity index (χ4v) is 1.77. The Morgan fingerprint density at radius 2 is 2.00 bits per heavy atom. The van der Waals surface area contributed by atoms with Crippen molar-refractivity contribution in [1.29, 1.82) is 0 Å². The first kappa shape index (κ1) is 13.5. The molecule has 0 spiro atoms. The summed E-state index contributed by atoms with van der Waals surface area (Å²) in [6.45, 7) is 0. The third-order valence-corrected chi connectivity index (χ3v) is 2.85. The van der Waals surface area contributed by atoms with Gasteiger partial charge in [-0.2, -0.15) is 9.78 Å². The van der Waals surface area contributed by atoms with Crippen LogP contribution in [0, 0.1) is 0 Å². The molecule has 100 valence electrons. The van der Waals surface area contributed by atoms with E-state index in [1.54, 1.807) is 18.4 Å². The average molecular weight is 284 g/mol. The topological polar surface area (TPSA) is 63.3 Å². The molecule has 1 aromatic heterocycles. The quantitative estimate of drug-likeness (QED) is 0.692. The second-order valence-electron chi connectivity index (χ2n) is 3.49. The van der Waals surface area contributed by atoms with Gasteiger partial charge in [0.25, 0.3) is 6.43 Å². The van der Waals surface area contributed by atoms with E-state index in [1.807, 2.05) is 0 Å². The summed E-state index contributed by atoms with van der Waals surface area (Å²) in [7, 11) is 0. The Hall–Kier alpha value is -1.96. The molecule has 0 unspecified atom stereocenters. The third-order valence-electron chi connectivity index (χ3n) is 2.23. The van der Waals surface area contributed by atoms with Crippen molar-refractivity contribution in [2.24, 2.45) is 5.10 Å². The number of benzene rings is 1. The molecule has 0 aliphatic heterocycles. The number of rotatable bonds is 4. The summed E-state index contributed by atoms with van der Waals surface area (Å²) in [5.41, 5.74) is 0.666. The lowest BCUT2D eigenvalue weighted by molar-refractivity contribution is 0.135. The van der Waals surface area contributed by atoms with Crippen molar-refractivity contribution in [2.45, 2.75) is 11.6 Å². The van der Waals surface area contributed by atoms with E-state index in [-0.39, 0.29) is 10.9 Å². The van der Waals surface area contributed by atoms with Gasteiger partial charge in [0, 0.05) is 0 Å². The molecule has 19 heavy (non-hydrogen) atoms. The molecule has 8 heteroatoms. The fraction of sp³-hybridized carbons (Fsp3) is 0.182. The zero-order valence-electron chi connectivity index (χ0n) is 9.86. The van der Waals surface area contributed by atoms with E-state index in [1.165, 1.54) is 30.1 Å². The Labute approximate surface area is 112 Å². The Morgan fingerprint density at radius 3 is 2.58 bits per heavy atom. The molecule has 0 radical (unpaired) electrons. The summed E-state index contributed by atoms with van der Waals surface area (Å²) >= 11 is 1.17. The van der Waals surface area contributed by atoms with Crippen LogP contribution in [-0.2, 0) is 0 Å². The number of aromatic nitrogens is 3. The minimum Gasteiger partial charge on any atom is -0.508 e. The largest absolute Gasteiger partial charge is 0.508 e. The maximum atomic E-state index is 12.7. The number of aromatic hydroxyl groups is 1. The molecule has 2 rings (SSSR count). The Morgan fingerprint density at radius 1 is 1.32 bits per heavy atom. The summed E-state index contributed by atoms with van der Waals surface area (Å²) < 4.78 is 26.4. The number of hydrogen-bond donors (Lipinski definition) is 1. The minimum absolute atomic E-state index is 0.125. The predicted molar refractivity (Wildman–Crippen MR) is 67.9 cm³/mol. The van der Waals surface area contributed by atoms with Crippen LogP contribution < -0.4 is 0 Å². The molecule has 5 nitrogen and oxygen atoms in total. The van der Waals surface area contributed by atoms with Crippen LogP contribution in [-0.4, -0.2) is 32.5 Å². The highest BCUT2D eigenvalue weighted by molar-refractivity contribution is 7.98. The summed E-state index contributed by atoms with van der Waals surface area (Å²) in [5.74, 6) is -0.376. The van der Waals surface area contributed by atoms with Gasteiger partial charge in [-0.05, 0) is 36.1 Å². The second-order valence-corrected chi connectivity index (χ2v) is 4.27. The van der Waals surface area contributed by atoms with Gasteiger partial charge in [0.2, 0.25) is 11.0 Å². The van der Waals surface area contributed by atoms with Crippen LogP contribution in [0.5, 0.6) is 5.75 Å². The minimum atomic E-state index is -2.75.